The van der Waals surface area contributed by atoms with Crippen LogP contribution in [-0.4, -0.2) is 71.8 Å². The highest BCUT2D eigenvalue weighted by Gasteiger charge is 2.57. The molecule has 3 aliphatic heterocycles. The maximum Gasteiger partial charge on any atom is 0.355 e. The predicted molar refractivity (Wildman–Crippen MR) is 111 cm³/mol. The number of β-lactam (4-membered cyclic amide) rings is 1. The van der Waals surface area contributed by atoms with Crippen molar-refractivity contribution in [2.45, 2.75) is 32.0 Å². The second-order valence-corrected chi connectivity index (χ2v) is 8.05. The van der Waals surface area contributed by atoms with Gasteiger partial charge in [0.05, 0.1) is 31.3 Å². The van der Waals surface area contributed by atoms with Gasteiger partial charge in [-0.2, -0.15) is 0 Å². The summed E-state index contributed by atoms with van der Waals surface area (Å²) < 4.78 is 10.7. The molecule has 7 heteroatoms. The second kappa shape index (κ2) is 8.71. The van der Waals surface area contributed by atoms with Crippen LogP contribution in [0.3, 0.4) is 0 Å². The summed E-state index contributed by atoms with van der Waals surface area (Å²) in [5.74, 6) is -1.23. The predicted octanol–water partition coefficient (Wildman–Crippen LogP) is 1.57. The summed E-state index contributed by atoms with van der Waals surface area (Å²) in [6.45, 7) is 9.50. The van der Waals surface area contributed by atoms with Crippen LogP contribution in [0.5, 0.6) is 0 Å². The van der Waals surface area contributed by atoms with Crippen molar-refractivity contribution in [3.05, 3.63) is 53.7 Å². The van der Waals surface area contributed by atoms with E-state index in [2.05, 4.69) is 23.6 Å². The Hall–Kier alpha value is -2.48. The number of carbonyl (C=O) groups is 2. The molecule has 0 spiro atoms. The maximum atomic E-state index is 12.7. The number of aliphatic hydroxyl groups is 1. The monoisotopic (exact) mass is 412 g/mol. The molecule has 7 nitrogen and oxygen atoms in total. The Bertz CT molecular complexity index is 855. The summed E-state index contributed by atoms with van der Waals surface area (Å²) in [5.41, 5.74) is 3.18. The van der Waals surface area contributed by atoms with Crippen molar-refractivity contribution in [1.82, 2.24) is 9.80 Å². The van der Waals surface area contributed by atoms with Crippen LogP contribution in [0.15, 0.2) is 42.6 Å². The Labute approximate surface area is 176 Å². The molecule has 3 atom stereocenters. The molecular weight excluding hydrogens is 384 g/mol. The molecule has 1 aromatic rings. The van der Waals surface area contributed by atoms with Gasteiger partial charge in [-0.25, -0.2) is 4.79 Å². The fourth-order valence-electron chi connectivity index (χ4n) is 4.55. The first-order chi connectivity index (χ1) is 14.5. The Morgan fingerprint density at radius 2 is 2.03 bits per heavy atom. The number of ether oxygens (including phenoxy) is 2. The molecule has 30 heavy (non-hydrogen) atoms. The molecule has 0 radical (unpaired) electrons. The number of benzene rings is 1. The zero-order valence-corrected chi connectivity index (χ0v) is 17.3. The second-order valence-electron chi connectivity index (χ2n) is 8.05. The number of hydrogen-bond acceptors (Lipinski definition) is 6. The molecule has 2 saturated heterocycles. The first-order valence-electron chi connectivity index (χ1n) is 10.4. The Balaban J connectivity index is 1.58. The average Bonchev–Trinajstić information content (AvgIpc) is 3.08. The van der Waals surface area contributed by atoms with E-state index in [9.17, 15) is 14.7 Å². The lowest BCUT2D eigenvalue weighted by Gasteiger charge is -2.44. The fourth-order valence-corrected chi connectivity index (χ4v) is 4.55. The van der Waals surface area contributed by atoms with Gasteiger partial charge in [-0.1, -0.05) is 36.9 Å². The van der Waals surface area contributed by atoms with Crippen LogP contribution >= 0.6 is 0 Å². The van der Waals surface area contributed by atoms with Crippen LogP contribution < -0.4 is 0 Å². The summed E-state index contributed by atoms with van der Waals surface area (Å²) in [6, 6.07) is 7.92. The third-order valence-electron chi connectivity index (χ3n) is 6.07. The summed E-state index contributed by atoms with van der Waals surface area (Å²) in [7, 11) is 0. The van der Waals surface area contributed by atoms with Crippen molar-refractivity contribution >= 4 is 17.4 Å². The molecule has 0 bridgehead atoms. The van der Waals surface area contributed by atoms with Gasteiger partial charge in [-0.3, -0.25) is 9.69 Å². The summed E-state index contributed by atoms with van der Waals surface area (Å²) in [6.07, 6.45) is 1.28. The molecule has 4 rings (SSSR count). The minimum absolute atomic E-state index is 0.0840. The Morgan fingerprint density at radius 1 is 1.33 bits per heavy atom. The lowest BCUT2D eigenvalue weighted by Crippen LogP contribution is -2.61. The van der Waals surface area contributed by atoms with Crippen molar-refractivity contribution in [3.8, 4) is 0 Å². The number of esters is 1. The van der Waals surface area contributed by atoms with Crippen LogP contribution in [0, 0.1) is 5.92 Å². The number of carbonyl (C=O) groups excluding carboxylic acids is 2. The first-order valence-corrected chi connectivity index (χ1v) is 10.4. The molecule has 1 aromatic carbocycles. The van der Waals surface area contributed by atoms with Gasteiger partial charge in [-0.05, 0) is 30.0 Å². The van der Waals surface area contributed by atoms with Gasteiger partial charge in [0.1, 0.15) is 12.3 Å². The van der Waals surface area contributed by atoms with E-state index in [1.165, 1.54) is 16.5 Å². The molecule has 0 unspecified atom stereocenters. The van der Waals surface area contributed by atoms with E-state index < -0.39 is 18.0 Å². The Morgan fingerprint density at radius 3 is 2.67 bits per heavy atom. The van der Waals surface area contributed by atoms with Crippen LogP contribution in [0.4, 0.5) is 0 Å². The van der Waals surface area contributed by atoms with Gasteiger partial charge in [0.2, 0.25) is 5.91 Å². The minimum atomic E-state index is -0.751. The van der Waals surface area contributed by atoms with Crippen LogP contribution in [0.1, 0.15) is 24.5 Å². The first kappa shape index (κ1) is 20.8. The van der Waals surface area contributed by atoms with Crippen LogP contribution in [-0.2, 0) is 25.6 Å². The van der Waals surface area contributed by atoms with Crippen molar-refractivity contribution in [2.75, 3.05) is 32.9 Å². The lowest BCUT2D eigenvalue weighted by molar-refractivity contribution is -0.162. The van der Waals surface area contributed by atoms with E-state index in [0.29, 0.717) is 12.1 Å². The molecule has 1 amide bonds. The average molecular weight is 412 g/mol. The topological polar surface area (TPSA) is 79.3 Å². The lowest BCUT2D eigenvalue weighted by atomic mass is 9.82. The third kappa shape index (κ3) is 3.80. The van der Waals surface area contributed by atoms with Gasteiger partial charge in [-0.15, -0.1) is 0 Å². The minimum Gasteiger partial charge on any atom is -0.457 e. The van der Waals surface area contributed by atoms with Gasteiger partial charge in [0.15, 0.2) is 0 Å². The van der Waals surface area contributed by atoms with Crippen molar-refractivity contribution in [2.24, 2.45) is 5.92 Å². The van der Waals surface area contributed by atoms with Gasteiger partial charge < -0.3 is 19.5 Å². The highest BCUT2D eigenvalue weighted by molar-refractivity contribution is 6.06. The number of fused-ring (bicyclic) bond motifs is 1. The maximum absolute atomic E-state index is 12.7. The zero-order valence-electron chi connectivity index (χ0n) is 17.3. The van der Waals surface area contributed by atoms with Crippen molar-refractivity contribution < 1.29 is 24.2 Å². The fraction of sp³-hybridized carbons (Fsp3) is 0.478. The van der Waals surface area contributed by atoms with E-state index >= 15 is 0 Å². The normalized spacial score (nSPS) is 25.0. The third-order valence-corrected chi connectivity index (χ3v) is 6.07. The number of nitrogens with zero attached hydrogens (tertiary/aromatic N) is 2. The van der Waals surface area contributed by atoms with Gasteiger partial charge in [0, 0.05) is 19.6 Å². The molecular formula is C23H28N2O5. The van der Waals surface area contributed by atoms with E-state index in [0.717, 1.165) is 44.0 Å². The largest absolute Gasteiger partial charge is 0.457 e. The summed E-state index contributed by atoms with van der Waals surface area (Å²) >= 11 is 0. The molecule has 0 aliphatic carbocycles. The SMILES string of the molecule is C=CCOC(=O)C1=C(c2ccc(CN3CCOCC3)cc2)C[C@@H]2[C@@H]([C@@H](C)O)C(=O)N12. The van der Waals surface area contributed by atoms with Crippen LogP contribution in [0.25, 0.3) is 5.57 Å². The summed E-state index contributed by atoms with van der Waals surface area (Å²) in [5, 5.41) is 10.00. The number of morpholine rings is 1. The highest BCUT2D eigenvalue weighted by atomic mass is 16.5. The zero-order chi connectivity index (χ0) is 21.3. The van der Waals surface area contributed by atoms with E-state index in [4.69, 9.17) is 9.47 Å². The molecule has 1 N–H and O–H groups in total. The van der Waals surface area contributed by atoms with Gasteiger partial charge in [0.25, 0.3) is 0 Å². The molecule has 2 fully saturated rings. The van der Waals surface area contributed by atoms with E-state index in [-0.39, 0.29) is 18.6 Å². The molecule has 160 valence electrons. The molecule has 3 heterocycles. The standard InChI is InChI=1S/C23H28N2O5/c1-3-10-30-23(28)21-18(13-19-20(15(2)26)22(27)25(19)21)17-6-4-16(5-7-17)14-24-8-11-29-12-9-24/h3-7,15,19-20,26H,1,8-14H2,2H3/t15-,19-,20-/m1/s1. The number of amides is 1. The van der Waals surface area contributed by atoms with E-state index in [1.807, 2.05) is 12.1 Å². The number of rotatable bonds is 7. The van der Waals surface area contributed by atoms with Crippen LogP contribution in [0.2, 0.25) is 0 Å². The highest BCUT2D eigenvalue weighted by Crippen LogP contribution is 2.47. The molecule has 0 saturated carbocycles. The smallest absolute Gasteiger partial charge is 0.355 e. The van der Waals surface area contributed by atoms with Crippen molar-refractivity contribution in [1.29, 1.82) is 0 Å². The van der Waals surface area contributed by atoms with Crippen molar-refractivity contribution in [3.63, 3.8) is 0 Å². The number of hydrogen-bond donors (Lipinski definition) is 1. The molecule has 3 aliphatic rings. The summed E-state index contributed by atoms with van der Waals surface area (Å²) in [4.78, 5) is 29.2. The molecule has 0 aromatic heterocycles. The van der Waals surface area contributed by atoms with E-state index in [1.54, 1.807) is 6.92 Å². The van der Waals surface area contributed by atoms with Gasteiger partial charge >= 0.3 is 5.97 Å². The Kier molecular flexibility index (Phi) is 6.04. The quantitative estimate of drug-likeness (QED) is 0.416. The number of aliphatic hydroxyl groups excluding tert-OH is 1.